The Morgan fingerprint density at radius 2 is 1.72 bits per heavy atom. The van der Waals surface area contributed by atoms with Gasteiger partial charge in [-0.3, -0.25) is 9.59 Å². The first-order valence-electron chi connectivity index (χ1n) is 10.8. The predicted molar refractivity (Wildman–Crippen MR) is 114 cm³/mol. The molecule has 1 aromatic carbocycles. The highest BCUT2D eigenvalue weighted by Crippen LogP contribution is 2.24. The van der Waals surface area contributed by atoms with Gasteiger partial charge in [0.05, 0.1) is 6.20 Å². The van der Waals surface area contributed by atoms with Crippen LogP contribution < -0.4 is 0 Å². The van der Waals surface area contributed by atoms with Gasteiger partial charge in [-0.25, -0.2) is 9.07 Å². The third kappa shape index (κ3) is 3.69. The Morgan fingerprint density at radius 3 is 2.41 bits per heavy atom. The minimum absolute atomic E-state index is 0.00926. The summed E-state index contributed by atoms with van der Waals surface area (Å²) in [6.07, 6.45) is 6.38. The van der Waals surface area contributed by atoms with Crippen molar-refractivity contribution in [1.29, 1.82) is 0 Å². The van der Waals surface area contributed by atoms with Crippen LogP contribution in [-0.2, 0) is 9.53 Å². The molecular weight excluding hydrogens is 413 g/mol. The largest absolute Gasteiger partial charge is 0.368 e. The van der Waals surface area contributed by atoms with Crippen LogP contribution in [0.15, 0.2) is 55.0 Å². The molecule has 2 aromatic heterocycles. The number of rotatable bonds is 4. The monoisotopic (exact) mass is 437 g/mol. The van der Waals surface area contributed by atoms with Gasteiger partial charge in [0.15, 0.2) is 5.82 Å². The number of halogens is 1. The van der Waals surface area contributed by atoms with E-state index in [9.17, 15) is 14.0 Å². The second kappa shape index (κ2) is 8.58. The van der Waals surface area contributed by atoms with Gasteiger partial charge in [0.25, 0.3) is 11.8 Å². The molecule has 0 spiro atoms. The Morgan fingerprint density at radius 1 is 1.00 bits per heavy atom. The SMILES string of the molecule is O=C(c1cnn(-c2ccccc2F)c1-n1cccc1)N1CCN(C(=O)C2CCCO2)CC1. The molecule has 2 fully saturated rings. The molecule has 1 unspecified atom stereocenters. The summed E-state index contributed by atoms with van der Waals surface area (Å²) in [5, 5.41) is 4.34. The molecule has 0 aliphatic carbocycles. The summed E-state index contributed by atoms with van der Waals surface area (Å²) >= 11 is 0. The highest BCUT2D eigenvalue weighted by atomic mass is 19.1. The van der Waals surface area contributed by atoms with E-state index >= 15 is 0 Å². The predicted octanol–water partition coefficient (Wildman–Crippen LogP) is 2.27. The van der Waals surface area contributed by atoms with E-state index in [0.29, 0.717) is 44.2 Å². The summed E-state index contributed by atoms with van der Waals surface area (Å²) in [6, 6.07) is 10.00. The number of hydrogen-bond donors (Lipinski definition) is 0. The number of para-hydroxylation sites is 1. The summed E-state index contributed by atoms with van der Waals surface area (Å²) < 4.78 is 23.2. The number of carbonyl (C=O) groups is 2. The topological polar surface area (TPSA) is 72.6 Å². The third-order valence-corrected chi connectivity index (χ3v) is 5.99. The van der Waals surface area contributed by atoms with Crippen LogP contribution in [0.2, 0.25) is 0 Å². The zero-order valence-corrected chi connectivity index (χ0v) is 17.6. The maximum atomic E-state index is 14.5. The molecule has 166 valence electrons. The van der Waals surface area contributed by atoms with E-state index in [1.807, 2.05) is 12.1 Å². The van der Waals surface area contributed by atoms with Crippen molar-refractivity contribution in [3.05, 3.63) is 66.4 Å². The van der Waals surface area contributed by atoms with Crippen molar-refractivity contribution < 1.29 is 18.7 Å². The third-order valence-electron chi connectivity index (χ3n) is 5.99. The fraction of sp³-hybridized carbons (Fsp3) is 0.348. The number of nitrogens with zero attached hydrogens (tertiary/aromatic N) is 5. The number of piperazine rings is 1. The molecule has 2 amide bonds. The van der Waals surface area contributed by atoms with Gasteiger partial charge in [0.2, 0.25) is 0 Å². The Labute approximate surface area is 184 Å². The second-order valence-electron chi connectivity index (χ2n) is 7.95. The molecule has 2 aliphatic heterocycles. The molecule has 0 N–H and O–H groups in total. The van der Waals surface area contributed by atoms with Gasteiger partial charge < -0.3 is 19.1 Å². The van der Waals surface area contributed by atoms with Crippen LogP contribution in [-0.4, -0.2) is 74.9 Å². The summed E-state index contributed by atoms with van der Waals surface area (Å²) in [4.78, 5) is 29.5. The molecule has 2 saturated heterocycles. The van der Waals surface area contributed by atoms with Crippen molar-refractivity contribution in [2.75, 3.05) is 32.8 Å². The molecule has 1 atom stereocenters. The van der Waals surface area contributed by atoms with E-state index < -0.39 is 5.82 Å². The molecule has 2 aliphatic rings. The lowest BCUT2D eigenvalue weighted by molar-refractivity contribution is -0.142. The van der Waals surface area contributed by atoms with Gasteiger partial charge in [-0.15, -0.1) is 0 Å². The first-order valence-corrected chi connectivity index (χ1v) is 10.8. The summed E-state index contributed by atoms with van der Waals surface area (Å²) in [7, 11) is 0. The molecule has 9 heteroatoms. The molecule has 32 heavy (non-hydrogen) atoms. The fourth-order valence-corrected chi connectivity index (χ4v) is 4.29. The van der Waals surface area contributed by atoms with Crippen LogP contribution in [0, 0.1) is 5.82 Å². The maximum absolute atomic E-state index is 14.5. The normalized spacial score (nSPS) is 18.8. The van der Waals surface area contributed by atoms with E-state index in [0.717, 1.165) is 12.8 Å². The standard InChI is InChI=1S/C23H24FN5O3/c24-18-6-1-2-7-19(18)29-21(26-9-3-4-10-26)17(16-25-29)22(30)27-11-13-28(14-12-27)23(31)20-8-5-15-32-20/h1-4,6-7,9-10,16,20H,5,8,11-15H2. The zero-order valence-electron chi connectivity index (χ0n) is 17.6. The number of ether oxygens (including phenoxy) is 1. The minimum Gasteiger partial charge on any atom is -0.368 e. The van der Waals surface area contributed by atoms with Crippen LogP contribution in [0.25, 0.3) is 11.5 Å². The van der Waals surface area contributed by atoms with Crippen molar-refractivity contribution in [3.8, 4) is 11.5 Å². The smallest absolute Gasteiger partial charge is 0.259 e. The average molecular weight is 437 g/mol. The van der Waals surface area contributed by atoms with E-state index in [2.05, 4.69) is 5.10 Å². The molecule has 4 heterocycles. The quantitative estimate of drug-likeness (QED) is 0.628. The number of carbonyl (C=O) groups excluding carboxylic acids is 2. The fourth-order valence-electron chi connectivity index (χ4n) is 4.29. The first kappa shape index (κ1) is 20.4. The first-order chi connectivity index (χ1) is 15.6. The van der Waals surface area contributed by atoms with Crippen molar-refractivity contribution in [1.82, 2.24) is 24.1 Å². The van der Waals surface area contributed by atoms with Crippen molar-refractivity contribution >= 4 is 11.8 Å². The van der Waals surface area contributed by atoms with E-state index in [4.69, 9.17) is 4.74 Å². The van der Waals surface area contributed by atoms with Gasteiger partial charge in [0, 0.05) is 45.2 Å². The van der Waals surface area contributed by atoms with Crippen LogP contribution in [0.1, 0.15) is 23.2 Å². The molecule has 8 nitrogen and oxygen atoms in total. The Hall–Kier alpha value is -3.46. The molecule has 0 radical (unpaired) electrons. The van der Waals surface area contributed by atoms with Gasteiger partial charge in [-0.05, 0) is 37.1 Å². The highest BCUT2D eigenvalue weighted by molar-refractivity contribution is 5.97. The van der Waals surface area contributed by atoms with Gasteiger partial charge in [-0.2, -0.15) is 5.10 Å². The molecule has 0 saturated carbocycles. The highest BCUT2D eigenvalue weighted by Gasteiger charge is 2.33. The number of amides is 2. The van der Waals surface area contributed by atoms with Crippen molar-refractivity contribution in [2.45, 2.75) is 18.9 Å². The number of aromatic nitrogens is 3. The lowest BCUT2D eigenvalue weighted by Crippen LogP contribution is -2.52. The molecule has 3 aromatic rings. The van der Waals surface area contributed by atoms with Crippen molar-refractivity contribution in [3.63, 3.8) is 0 Å². The van der Waals surface area contributed by atoms with Crippen molar-refractivity contribution in [2.24, 2.45) is 0 Å². The average Bonchev–Trinajstić information content (AvgIpc) is 3.60. The number of benzene rings is 1. The lowest BCUT2D eigenvalue weighted by Gasteiger charge is -2.35. The second-order valence-corrected chi connectivity index (χ2v) is 7.95. The van der Waals surface area contributed by atoms with E-state index in [-0.39, 0.29) is 23.6 Å². The summed E-state index contributed by atoms with van der Waals surface area (Å²) in [5.74, 6) is -0.136. The zero-order chi connectivity index (χ0) is 22.1. The molecular formula is C23H24FN5O3. The van der Waals surface area contributed by atoms with Crippen LogP contribution in [0.4, 0.5) is 4.39 Å². The van der Waals surface area contributed by atoms with Gasteiger partial charge >= 0.3 is 0 Å². The van der Waals surface area contributed by atoms with Crippen LogP contribution in [0.5, 0.6) is 0 Å². The summed E-state index contributed by atoms with van der Waals surface area (Å²) in [6.45, 7) is 2.40. The van der Waals surface area contributed by atoms with Gasteiger partial charge in [0.1, 0.15) is 23.2 Å². The maximum Gasteiger partial charge on any atom is 0.259 e. The minimum atomic E-state index is -0.427. The van der Waals surface area contributed by atoms with Crippen LogP contribution in [0.3, 0.4) is 0 Å². The Kier molecular flexibility index (Phi) is 5.48. The summed E-state index contributed by atoms with van der Waals surface area (Å²) in [5.41, 5.74) is 0.644. The van der Waals surface area contributed by atoms with Crippen LogP contribution >= 0.6 is 0 Å². The Bertz CT molecular complexity index is 1110. The molecule has 5 rings (SSSR count). The Balaban J connectivity index is 1.39. The molecule has 0 bridgehead atoms. The lowest BCUT2D eigenvalue weighted by atomic mass is 10.2. The van der Waals surface area contributed by atoms with E-state index in [1.54, 1.807) is 45.0 Å². The van der Waals surface area contributed by atoms with Gasteiger partial charge in [-0.1, -0.05) is 12.1 Å². The van der Waals surface area contributed by atoms with E-state index in [1.165, 1.54) is 16.9 Å². The number of hydrogen-bond acceptors (Lipinski definition) is 4.